The number of hydrogen-bond acceptors (Lipinski definition) is 4. The summed E-state index contributed by atoms with van der Waals surface area (Å²) in [6.45, 7) is 2.58. The summed E-state index contributed by atoms with van der Waals surface area (Å²) >= 11 is -0.251. The third-order valence-electron chi connectivity index (χ3n) is 4.05. The van der Waals surface area contributed by atoms with E-state index in [0.29, 0.717) is 24.9 Å². The van der Waals surface area contributed by atoms with Crippen LogP contribution >= 0.6 is 24.2 Å². The van der Waals surface area contributed by atoms with Crippen LogP contribution in [0.15, 0.2) is 34.1 Å². The van der Waals surface area contributed by atoms with Gasteiger partial charge in [-0.3, -0.25) is 0 Å². The molecule has 2 aliphatic rings. The van der Waals surface area contributed by atoms with Crippen molar-refractivity contribution >= 4 is 34.2 Å². The molecule has 0 radical (unpaired) electrons. The molecule has 1 aromatic carbocycles. The van der Waals surface area contributed by atoms with E-state index in [0.717, 1.165) is 13.1 Å². The fourth-order valence-electron chi connectivity index (χ4n) is 2.97. The molecule has 23 heavy (non-hydrogen) atoms. The predicted molar refractivity (Wildman–Crippen MR) is 84.2 cm³/mol. The van der Waals surface area contributed by atoms with Crippen LogP contribution in [0.25, 0.3) is 0 Å². The predicted octanol–water partition coefficient (Wildman–Crippen LogP) is 2.56. The topological polar surface area (TPSA) is 49.4 Å². The van der Waals surface area contributed by atoms with Crippen LogP contribution in [0.5, 0.6) is 0 Å². The molecule has 0 spiro atoms. The molecule has 1 N–H and O–H groups in total. The smallest absolute Gasteiger partial charge is 0.316 e. The van der Waals surface area contributed by atoms with Gasteiger partial charge in [0.25, 0.3) is 0 Å². The van der Waals surface area contributed by atoms with Crippen molar-refractivity contribution in [3.63, 3.8) is 0 Å². The summed E-state index contributed by atoms with van der Waals surface area (Å²) in [4.78, 5) is 0.0286. The molecule has 0 aliphatic carbocycles. The molecular weight excluding hydrogens is 373 g/mol. The Balaban J connectivity index is 0.00000192. The van der Waals surface area contributed by atoms with Gasteiger partial charge < -0.3 is 5.32 Å². The minimum absolute atomic E-state index is 0. The van der Waals surface area contributed by atoms with E-state index in [1.54, 1.807) is 0 Å². The summed E-state index contributed by atoms with van der Waals surface area (Å²) in [5.74, 6) is 0.657. The molecule has 0 bridgehead atoms. The molecule has 130 valence electrons. The molecular formula is C13H16ClF3N2O2S2. The van der Waals surface area contributed by atoms with Crippen LogP contribution in [0.4, 0.5) is 13.2 Å². The zero-order valence-electron chi connectivity index (χ0n) is 11.9. The van der Waals surface area contributed by atoms with Crippen LogP contribution in [-0.4, -0.2) is 44.4 Å². The number of thioether (sulfide) groups is 1. The van der Waals surface area contributed by atoms with Crippen LogP contribution in [-0.2, 0) is 10.0 Å². The SMILES string of the molecule is Cl.O=S(=O)(c1ccc(SC(F)(F)F)cc1)N1C[C@H]2CNC[C@H]2C1. The van der Waals surface area contributed by atoms with Crippen molar-refractivity contribution in [3.8, 4) is 0 Å². The number of nitrogens with zero attached hydrogens (tertiary/aromatic N) is 1. The number of halogens is 4. The fourth-order valence-corrected chi connectivity index (χ4v) is 5.06. The van der Waals surface area contributed by atoms with Crippen LogP contribution in [0.2, 0.25) is 0 Å². The van der Waals surface area contributed by atoms with E-state index in [9.17, 15) is 21.6 Å². The molecule has 2 heterocycles. The molecule has 0 unspecified atom stereocenters. The lowest BCUT2D eigenvalue weighted by Gasteiger charge is -2.17. The molecule has 3 rings (SSSR count). The van der Waals surface area contributed by atoms with Crippen LogP contribution in [0.3, 0.4) is 0 Å². The normalized spacial score (nSPS) is 25.2. The quantitative estimate of drug-likeness (QED) is 0.808. The number of sulfonamides is 1. The number of hydrogen-bond donors (Lipinski definition) is 1. The highest BCUT2D eigenvalue weighted by molar-refractivity contribution is 8.00. The zero-order valence-corrected chi connectivity index (χ0v) is 14.4. The van der Waals surface area contributed by atoms with Gasteiger partial charge in [-0.05, 0) is 61.0 Å². The first kappa shape index (κ1) is 18.9. The van der Waals surface area contributed by atoms with E-state index >= 15 is 0 Å². The van der Waals surface area contributed by atoms with Gasteiger partial charge in [0.15, 0.2) is 0 Å². The average Bonchev–Trinajstić information content (AvgIpc) is 2.98. The second-order valence-corrected chi connectivity index (χ2v) is 8.60. The van der Waals surface area contributed by atoms with Gasteiger partial charge in [0, 0.05) is 18.0 Å². The zero-order chi connectivity index (χ0) is 16.0. The minimum atomic E-state index is -4.38. The lowest BCUT2D eigenvalue weighted by molar-refractivity contribution is -0.0328. The molecule has 2 atom stereocenters. The maximum atomic E-state index is 12.5. The van der Waals surface area contributed by atoms with Gasteiger partial charge >= 0.3 is 5.51 Å². The minimum Gasteiger partial charge on any atom is -0.316 e. The lowest BCUT2D eigenvalue weighted by atomic mass is 10.0. The number of rotatable bonds is 3. The summed E-state index contributed by atoms with van der Waals surface area (Å²) < 4.78 is 63.4. The van der Waals surface area contributed by atoms with Crippen LogP contribution < -0.4 is 5.32 Å². The van der Waals surface area contributed by atoms with Gasteiger partial charge in [0.1, 0.15) is 0 Å². The number of benzene rings is 1. The monoisotopic (exact) mass is 388 g/mol. The first-order chi connectivity index (χ1) is 10.3. The first-order valence-corrected chi connectivity index (χ1v) is 9.08. The summed E-state index contributed by atoms with van der Waals surface area (Å²) in [7, 11) is -3.63. The second-order valence-electron chi connectivity index (χ2n) is 5.52. The molecule has 2 saturated heterocycles. The Morgan fingerprint density at radius 1 is 1.09 bits per heavy atom. The second kappa shape index (κ2) is 6.79. The average molecular weight is 389 g/mol. The Morgan fingerprint density at radius 2 is 1.61 bits per heavy atom. The molecule has 1 aromatic rings. The van der Waals surface area contributed by atoms with Crippen molar-refractivity contribution in [2.24, 2.45) is 11.8 Å². The van der Waals surface area contributed by atoms with Gasteiger partial charge in [-0.15, -0.1) is 12.4 Å². The van der Waals surface area contributed by atoms with Crippen molar-refractivity contribution in [1.82, 2.24) is 9.62 Å². The molecule has 2 fully saturated rings. The third kappa shape index (κ3) is 4.14. The number of nitrogens with one attached hydrogen (secondary N) is 1. The van der Waals surface area contributed by atoms with Gasteiger partial charge in [0.2, 0.25) is 10.0 Å². The highest BCUT2D eigenvalue weighted by Gasteiger charge is 2.41. The van der Waals surface area contributed by atoms with Crippen LogP contribution in [0, 0.1) is 11.8 Å². The van der Waals surface area contributed by atoms with E-state index in [1.807, 2.05) is 0 Å². The maximum Gasteiger partial charge on any atom is 0.446 e. The first-order valence-electron chi connectivity index (χ1n) is 6.82. The Morgan fingerprint density at radius 3 is 2.09 bits per heavy atom. The van der Waals surface area contributed by atoms with Crippen molar-refractivity contribution in [2.45, 2.75) is 15.3 Å². The maximum absolute atomic E-state index is 12.5. The fraction of sp³-hybridized carbons (Fsp3) is 0.538. The Hall–Kier alpha value is -0.480. The number of alkyl halides is 3. The van der Waals surface area contributed by atoms with Crippen molar-refractivity contribution in [1.29, 1.82) is 0 Å². The van der Waals surface area contributed by atoms with E-state index < -0.39 is 15.5 Å². The van der Waals surface area contributed by atoms with Gasteiger partial charge in [-0.25, -0.2) is 8.42 Å². The standard InChI is InChI=1S/C13H15F3N2O2S2.ClH/c14-13(15,16)21-11-1-3-12(4-2-11)22(19,20)18-7-9-5-17-6-10(9)8-18;/h1-4,9-10,17H,5-8H2;1H/t9-,10+;. The number of fused-ring (bicyclic) bond motifs is 1. The van der Waals surface area contributed by atoms with Crippen LogP contribution in [0.1, 0.15) is 0 Å². The molecule has 0 saturated carbocycles. The molecule has 10 heteroatoms. The van der Waals surface area contributed by atoms with Crippen molar-refractivity contribution in [3.05, 3.63) is 24.3 Å². The molecule has 0 amide bonds. The molecule has 0 aromatic heterocycles. The van der Waals surface area contributed by atoms with Crippen molar-refractivity contribution < 1.29 is 21.6 Å². The van der Waals surface area contributed by atoms with E-state index in [1.165, 1.54) is 28.6 Å². The highest BCUT2D eigenvalue weighted by Crippen LogP contribution is 2.37. The molecule has 2 aliphatic heterocycles. The Bertz CT molecular complexity index is 640. The Kier molecular flexibility index (Phi) is 5.57. The third-order valence-corrected chi connectivity index (χ3v) is 6.64. The summed E-state index contributed by atoms with van der Waals surface area (Å²) in [6.07, 6.45) is 0. The highest BCUT2D eigenvalue weighted by atomic mass is 35.5. The van der Waals surface area contributed by atoms with E-state index in [4.69, 9.17) is 0 Å². The van der Waals surface area contributed by atoms with Gasteiger partial charge in [-0.2, -0.15) is 17.5 Å². The van der Waals surface area contributed by atoms with E-state index in [2.05, 4.69) is 5.32 Å². The molecule has 4 nitrogen and oxygen atoms in total. The lowest BCUT2D eigenvalue weighted by Crippen LogP contribution is -2.31. The summed E-state index contributed by atoms with van der Waals surface area (Å²) in [5.41, 5.74) is -4.38. The Labute approximate surface area is 143 Å². The van der Waals surface area contributed by atoms with Gasteiger partial charge in [0.05, 0.1) is 4.90 Å². The van der Waals surface area contributed by atoms with E-state index in [-0.39, 0.29) is 34.0 Å². The largest absolute Gasteiger partial charge is 0.446 e. The summed E-state index contributed by atoms with van der Waals surface area (Å²) in [5, 5.41) is 3.23. The van der Waals surface area contributed by atoms with Crippen molar-refractivity contribution in [2.75, 3.05) is 26.2 Å². The van der Waals surface area contributed by atoms with Gasteiger partial charge in [-0.1, -0.05) is 0 Å². The summed E-state index contributed by atoms with van der Waals surface area (Å²) in [6, 6.07) is 4.89.